The molecule has 1 saturated heterocycles. The summed E-state index contributed by atoms with van der Waals surface area (Å²) in [5, 5.41) is 10.2. The minimum absolute atomic E-state index is 0.0722. The van der Waals surface area contributed by atoms with Crippen LogP contribution < -0.4 is 19.5 Å². The Hall–Kier alpha value is -3.43. The van der Waals surface area contributed by atoms with Crippen LogP contribution in [-0.2, 0) is 9.53 Å². The van der Waals surface area contributed by atoms with Crippen LogP contribution in [0.5, 0.6) is 17.2 Å². The predicted octanol–water partition coefficient (Wildman–Crippen LogP) is 6.87. The molecule has 1 aliphatic carbocycles. The summed E-state index contributed by atoms with van der Waals surface area (Å²) in [5.41, 5.74) is 2.83. The summed E-state index contributed by atoms with van der Waals surface area (Å²) in [5.74, 6) is 2.15. The lowest BCUT2D eigenvalue weighted by Crippen LogP contribution is -2.45. The van der Waals surface area contributed by atoms with Gasteiger partial charge in [0.1, 0.15) is 11.6 Å². The van der Waals surface area contributed by atoms with E-state index in [2.05, 4.69) is 24.4 Å². The number of nitrogens with zero attached hydrogens (tertiary/aromatic N) is 2. The Kier molecular flexibility index (Phi) is 12.1. The molecule has 250 valence electrons. The highest BCUT2D eigenvalue weighted by Crippen LogP contribution is 2.37. The van der Waals surface area contributed by atoms with Crippen molar-refractivity contribution in [2.45, 2.75) is 82.8 Å². The number of amides is 1. The van der Waals surface area contributed by atoms with Crippen LogP contribution in [0.2, 0.25) is 0 Å². The molecule has 0 aromatic heterocycles. The standard InChI is InChI=1S/C37H50FN3O5/c1-25(32-24-27(38)13-17-33(32)43-2)22-29-15-14-28(46-29)18-20-39-19-8-5-9-21-41-37(42)31-11-7-6-10-30(31)36(40-41)26-12-16-34(44-3)35(23-26)45-4/h6-7,12-13,16-17,23-25,28-31,39H,5,8-11,14-15,18-22H2,1-4H3. The van der Waals surface area contributed by atoms with Gasteiger partial charge in [0.15, 0.2) is 11.5 Å². The maximum Gasteiger partial charge on any atom is 0.246 e. The summed E-state index contributed by atoms with van der Waals surface area (Å²) in [7, 11) is 4.89. The summed E-state index contributed by atoms with van der Waals surface area (Å²) in [4.78, 5) is 13.4. The Morgan fingerprint density at radius 1 is 0.913 bits per heavy atom. The molecule has 1 fully saturated rings. The maximum atomic E-state index is 13.8. The van der Waals surface area contributed by atoms with E-state index in [9.17, 15) is 9.18 Å². The molecule has 5 rings (SSSR count). The van der Waals surface area contributed by atoms with Gasteiger partial charge in [0.05, 0.1) is 45.2 Å². The number of hydrogen-bond donors (Lipinski definition) is 1. The number of rotatable bonds is 16. The van der Waals surface area contributed by atoms with E-state index >= 15 is 0 Å². The number of nitrogens with one attached hydrogen (secondary N) is 1. The number of hydrogen-bond acceptors (Lipinski definition) is 7. The molecule has 3 aliphatic rings. The molecule has 1 amide bonds. The van der Waals surface area contributed by atoms with Crippen LogP contribution >= 0.6 is 0 Å². The maximum absolute atomic E-state index is 13.8. The number of unbranched alkanes of at least 4 members (excludes halogenated alkanes) is 2. The minimum atomic E-state index is -0.233. The molecular weight excluding hydrogens is 585 g/mol. The third-order valence-electron chi connectivity index (χ3n) is 9.66. The first-order chi connectivity index (χ1) is 22.4. The molecule has 2 aliphatic heterocycles. The highest BCUT2D eigenvalue weighted by Gasteiger charge is 2.40. The Morgan fingerprint density at radius 3 is 2.43 bits per heavy atom. The molecule has 9 heteroatoms. The quantitative estimate of drug-likeness (QED) is 0.160. The molecule has 2 aromatic rings. The molecule has 2 heterocycles. The van der Waals surface area contributed by atoms with Crippen LogP contribution in [0.1, 0.15) is 81.8 Å². The molecule has 1 N–H and O–H groups in total. The van der Waals surface area contributed by atoms with Crippen molar-refractivity contribution in [2.75, 3.05) is 41.0 Å². The third-order valence-corrected chi connectivity index (χ3v) is 9.66. The van der Waals surface area contributed by atoms with E-state index in [-0.39, 0.29) is 41.7 Å². The van der Waals surface area contributed by atoms with Gasteiger partial charge in [-0.1, -0.05) is 25.5 Å². The number of methoxy groups -OCH3 is 3. The minimum Gasteiger partial charge on any atom is -0.496 e. The molecular formula is C37H50FN3O5. The fourth-order valence-corrected chi connectivity index (χ4v) is 7.12. The zero-order chi connectivity index (χ0) is 32.5. The highest BCUT2D eigenvalue weighted by atomic mass is 19.1. The van der Waals surface area contributed by atoms with Gasteiger partial charge in [-0.25, -0.2) is 9.40 Å². The molecule has 0 bridgehead atoms. The average Bonchev–Trinajstić information content (AvgIpc) is 3.53. The molecule has 46 heavy (non-hydrogen) atoms. The summed E-state index contributed by atoms with van der Waals surface area (Å²) in [6.07, 6.45) is 13.2. The van der Waals surface area contributed by atoms with Crippen molar-refractivity contribution in [3.63, 3.8) is 0 Å². The molecule has 0 saturated carbocycles. The molecule has 2 aromatic carbocycles. The van der Waals surface area contributed by atoms with Gasteiger partial charge in [0.2, 0.25) is 5.91 Å². The molecule has 0 spiro atoms. The van der Waals surface area contributed by atoms with Gasteiger partial charge in [-0.05, 0) is 112 Å². The summed E-state index contributed by atoms with van der Waals surface area (Å²) in [6.45, 7) is 4.60. The largest absolute Gasteiger partial charge is 0.496 e. The topological polar surface area (TPSA) is 81.6 Å². The number of fused-ring (bicyclic) bond motifs is 1. The van der Waals surface area contributed by atoms with Crippen LogP contribution in [-0.4, -0.2) is 69.8 Å². The summed E-state index contributed by atoms with van der Waals surface area (Å²) < 4.78 is 36.6. The fraction of sp³-hybridized carbons (Fsp3) is 0.568. The van der Waals surface area contributed by atoms with Crippen molar-refractivity contribution in [3.05, 3.63) is 65.5 Å². The predicted molar refractivity (Wildman–Crippen MR) is 178 cm³/mol. The average molecular weight is 636 g/mol. The van der Waals surface area contributed by atoms with Gasteiger partial charge in [0, 0.05) is 18.0 Å². The lowest BCUT2D eigenvalue weighted by molar-refractivity contribution is -0.137. The lowest BCUT2D eigenvalue weighted by Gasteiger charge is -2.37. The van der Waals surface area contributed by atoms with E-state index in [4.69, 9.17) is 24.0 Å². The van der Waals surface area contributed by atoms with Crippen molar-refractivity contribution >= 4 is 11.6 Å². The van der Waals surface area contributed by atoms with Gasteiger partial charge in [-0.2, -0.15) is 5.10 Å². The molecule has 5 atom stereocenters. The van der Waals surface area contributed by atoms with Crippen molar-refractivity contribution in [1.82, 2.24) is 10.3 Å². The van der Waals surface area contributed by atoms with E-state index in [1.165, 1.54) is 6.07 Å². The normalized spacial score (nSPS) is 23.2. The fourth-order valence-electron chi connectivity index (χ4n) is 7.12. The monoisotopic (exact) mass is 635 g/mol. The number of ether oxygens (including phenoxy) is 4. The number of carbonyl (C=O) groups excluding carboxylic acids is 1. The van der Waals surface area contributed by atoms with E-state index in [1.807, 2.05) is 18.2 Å². The number of benzene rings is 2. The smallest absolute Gasteiger partial charge is 0.246 e. The van der Waals surface area contributed by atoms with Crippen molar-refractivity contribution in [2.24, 2.45) is 16.9 Å². The van der Waals surface area contributed by atoms with Crippen LogP contribution in [0.3, 0.4) is 0 Å². The van der Waals surface area contributed by atoms with Gasteiger partial charge < -0.3 is 24.3 Å². The Balaban J connectivity index is 1.02. The van der Waals surface area contributed by atoms with E-state index in [1.54, 1.807) is 38.5 Å². The van der Waals surface area contributed by atoms with Gasteiger partial charge >= 0.3 is 0 Å². The van der Waals surface area contributed by atoms with Gasteiger partial charge in [0.25, 0.3) is 0 Å². The number of allylic oxidation sites excluding steroid dienone is 2. The highest BCUT2D eigenvalue weighted by molar-refractivity contribution is 6.07. The lowest BCUT2D eigenvalue weighted by atomic mass is 9.76. The number of halogens is 1. The van der Waals surface area contributed by atoms with E-state index in [0.717, 1.165) is 93.5 Å². The number of carbonyl (C=O) groups is 1. The zero-order valence-electron chi connectivity index (χ0n) is 27.8. The van der Waals surface area contributed by atoms with Gasteiger partial charge in [-0.3, -0.25) is 4.79 Å². The van der Waals surface area contributed by atoms with Crippen molar-refractivity contribution < 1.29 is 28.1 Å². The summed E-state index contributed by atoms with van der Waals surface area (Å²) in [6, 6.07) is 10.6. The first-order valence-corrected chi connectivity index (χ1v) is 16.9. The van der Waals surface area contributed by atoms with Gasteiger partial charge in [-0.15, -0.1) is 0 Å². The van der Waals surface area contributed by atoms with Crippen LogP contribution in [0.25, 0.3) is 0 Å². The number of hydrazone groups is 1. The Labute approximate surface area is 273 Å². The van der Waals surface area contributed by atoms with Crippen molar-refractivity contribution in [3.8, 4) is 17.2 Å². The second-order valence-electron chi connectivity index (χ2n) is 12.8. The second kappa shape index (κ2) is 16.4. The Bertz CT molecular complexity index is 1380. The zero-order valence-corrected chi connectivity index (χ0v) is 27.8. The molecule has 5 unspecified atom stereocenters. The van der Waals surface area contributed by atoms with Crippen LogP contribution in [0.15, 0.2) is 53.7 Å². The summed E-state index contributed by atoms with van der Waals surface area (Å²) >= 11 is 0. The third kappa shape index (κ3) is 8.28. The second-order valence-corrected chi connectivity index (χ2v) is 12.8. The van der Waals surface area contributed by atoms with Crippen molar-refractivity contribution in [1.29, 1.82) is 0 Å². The first kappa shape index (κ1) is 33.9. The molecule has 8 nitrogen and oxygen atoms in total. The first-order valence-electron chi connectivity index (χ1n) is 16.9. The Morgan fingerprint density at radius 2 is 1.65 bits per heavy atom. The van der Waals surface area contributed by atoms with Crippen LogP contribution in [0, 0.1) is 17.7 Å². The SMILES string of the molecule is COc1ccc(C2=NN(CCCCCNCCC3CCC(CC(C)c4cc(F)ccc4OC)O3)C(=O)C3CC=CCC23)cc1OC. The van der Waals surface area contributed by atoms with E-state index < -0.39 is 0 Å². The van der Waals surface area contributed by atoms with E-state index in [0.29, 0.717) is 18.0 Å². The van der Waals surface area contributed by atoms with Crippen LogP contribution in [0.4, 0.5) is 4.39 Å². The molecule has 0 radical (unpaired) electrons.